The predicted octanol–water partition coefficient (Wildman–Crippen LogP) is 1.56. The molecule has 2 aliphatic rings. The van der Waals surface area contributed by atoms with E-state index in [0.29, 0.717) is 12.0 Å². The van der Waals surface area contributed by atoms with Gasteiger partial charge in [-0.05, 0) is 37.0 Å². The van der Waals surface area contributed by atoms with Crippen LogP contribution in [0.2, 0.25) is 0 Å². The minimum Gasteiger partial charge on any atom is -0.353 e. The topological polar surface area (TPSA) is 29.1 Å². The van der Waals surface area contributed by atoms with Crippen LogP contribution in [0.15, 0.2) is 0 Å². The Morgan fingerprint density at radius 1 is 1.33 bits per heavy atom. The third-order valence-electron chi connectivity index (χ3n) is 3.70. The van der Waals surface area contributed by atoms with Crippen LogP contribution in [-0.2, 0) is 4.79 Å². The standard InChI is InChI=1S/C10H17NO/c1-6-8-3-4-9(5-8)10(6)11-7(2)12/h6,8-10H,3-5H2,1-2H3,(H,11,12). The molecule has 0 aliphatic heterocycles. The number of fused-ring (bicyclic) bond motifs is 2. The number of hydrogen-bond acceptors (Lipinski definition) is 1. The summed E-state index contributed by atoms with van der Waals surface area (Å²) in [4.78, 5) is 10.9. The van der Waals surface area contributed by atoms with E-state index in [-0.39, 0.29) is 5.91 Å². The minimum absolute atomic E-state index is 0.138. The van der Waals surface area contributed by atoms with E-state index in [2.05, 4.69) is 12.2 Å². The number of rotatable bonds is 1. The molecular weight excluding hydrogens is 150 g/mol. The Balaban J connectivity index is 2.02. The van der Waals surface area contributed by atoms with Crippen LogP contribution in [0.1, 0.15) is 33.1 Å². The highest BCUT2D eigenvalue weighted by molar-refractivity contribution is 5.73. The van der Waals surface area contributed by atoms with Crippen LogP contribution in [0, 0.1) is 17.8 Å². The lowest BCUT2D eigenvalue weighted by Crippen LogP contribution is -2.41. The van der Waals surface area contributed by atoms with Crippen molar-refractivity contribution in [3.05, 3.63) is 0 Å². The van der Waals surface area contributed by atoms with Crippen molar-refractivity contribution in [2.75, 3.05) is 0 Å². The highest BCUT2D eigenvalue weighted by Crippen LogP contribution is 2.48. The van der Waals surface area contributed by atoms with Crippen LogP contribution >= 0.6 is 0 Å². The quantitative estimate of drug-likeness (QED) is 0.631. The van der Waals surface area contributed by atoms with Gasteiger partial charge in [0.2, 0.25) is 5.91 Å². The van der Waals surface area contributed by atoms with Gasteiger partial charge in [-0.3, -0.25) is 4.79 Å². The molecule has 0 aromatic carbocycles. The number of amides is 1. The lowest BCUT2D eigenvalue weighted by molar-refractivity contribution is -0.120. The molecule has 2 bridgehead atoms. The summed E-state index contributed by atoms with van der Waals surface area (Å²) in [6, 6.07) is 0.487. The lowest BCUT2D eigenvalue weighted by Gasteiger charge is -2.28. The molecule has 1 N–H and O–H groups in total. The first kappa shape index (κ1) is 8.09. The molecule has 1 amide bonds. The summed E-state index contributed by atoms with van der Waals surface area (Å²) in [7, 11) is 0. The fourth-order valence-corrected chi connectivity index (χ4v) is 3.06. The highest BCUT2D eigenvalue weighted by atomic mass is 16.1. The first-order valence-electron chi connectivity index (χ1n) is 4.95. The Bertz CT molecular complexity index is 200. The summed E-state index contributed by atoms with van der Waals surface area (Å²) >= 11 is 0. The van der Waals surface area contributed by atoms with Gasteiger partial charge in [0.05, 0.1) is 0 Å². The van der Waals surface area contributed by atoms with Crippen LogP contribution < -0.4 is 5.32 Å². The second kappa shape index (κ2) is 2.75. The number of carbonyl (C=O) groups excluding carboxylic acids is 1. The van der Waals surface area contributed by atoms with E-state index < -0.39 is 0 Å². The van der Waals surface area contributed by atoms with Crippen LogP contribution in [0.25, 0.3) is 0 Å². The SMILES string of the molecule is CC(=O)NC1C2CCC(C2)C1C. The van der Waals surface area contributed by atoms with E-state index in [4.69, 9.17) is 0 Å². The van der Waals surface area contributed by atoms with Gasteiger partial charge in [0.15, 0.2) is 0 Å². The molecule has 2 fully saturated rings. The summed E-state index contributed by atoms with van der Waals surface area (Å²) in [6.07, 6.45) is 4.08. The first-order chi connectivity index (χ1) is 5.68. The maximum absolute atomic E-state index is 10.9. The maximum atomic E-state index is 10.9. The van der Waals surface area contributed by atoms with E-state index in [9.17, 15) is 4.79 Å². The second-order valence-corrected chi connectivity index (χ2v) is 4.42. The van der Waals surface area contributed by atoms with Gasteiger partial charge >= 0.3 is 0 Å². The van der Waals surface area contributed by atoms with Crippen molar-refractivity contribution in [3.8, 4) is 0 Å². The molecule has 0 heterocycles. The van der Waals surface area contributed by atoms with Crippen LogP contribution in [0.3, 0.4) is 0 Å². The van der Waals surface area contributed by atoms with Gasteiger partial charge in [-0.15, -0.1) is 0 Å². The van der Waals surface area contributed by atoms with Crippen LogP contribution in [-0.4, -0.2) is 11.9 Å². The molecule has 2 saturated carbocycles. The van der Waals surface area contributed by atoms with Crippen molar-refractivity contribution >= 4 is 5.91 Å². The molecular formula is C10H17NO. The van der Waals surface area contributed by atoms with Crippen molar-refractivity contribution in [2.45, 2.75) is 39.2 Å². The molecule has 0 saturated heterocycles. The zero-order valence-corrected chi connectivity index (χ0v) is 7.84. The Morgan fingerprint density at radius 2 is 2.00 bits per heavy atom. The summed E-state index contributed by atoms with van der Waals surface area (Å²) < 4.78 is 0. The smallest absolute Gasteiger partial charge is 0.217 e. The second-order valence-electron chi connectivity index (χ2n) is 4.42. The monoisotopic (exact) mass is 167 g/mol. The fourth-order valence-electron chi connectivity index (χ4n) is 3.06. The Labute approximate surface area is 73.7 Å². The molecule has 2 nitrogen and oxygen atoms in total. The minimum atomic E-state index is 0.138. The molecule has 4 unspecified atom stereocenters. The fraction of sp³-hybridized carbons (Fsp3) is 0.900. The molecule has 12 heavy (non-hydrogen) atoms. The molecule has 4 atom stereocenters. The third-order valence-corrected chi connectivity index (χ3v) is 3.70. The van der Waals surface area contributed by atoms with Gasteiger partial charge in [0.1, 0.15) is 0 Å². The highest BCUT2D eigenvalue weighted by Gasteiger charge is 2.45. The summed E-state index contributed by atoms with van der Waals surface area (Å²) in [5.41, 5.74) is 0. The molecule has 0 aromatic heterocycles. The van der Waals surface area contributed by atoms with Gasteiger partial charge < -0.3 is 5.32 Å². The summed E-state index contributed by atoms with van der Waals surface area (Å²) in [5.74, 6) is 2.53. The Morgan fingerprint density at radius 3 is 2.50 bits per heavy atom. The zero-order valence-electron chi connectivity index (χ0n) is 7.84. The molecule has 0 radical (unpaired) electrons. The van der Waals surface area contributed by atoms with Crippen LogP contribution in [0.5, 0.6) is 0 Å². The average Bonchev–Trinajstić information content (AvgIpc) is 2.53. The van der Waals surface area contributed by atoms with Gasteiger partial charge in [-0.2, -0.15) is 0 Å². The van der Waals surface area contributed by atoms with Crippen molar-refractivity contribution < 1.29 is 4.79 Å². The van der Waals surface area contributed by atoms with E-state index in [0.717, 1.165) is 11.8 Å². The summed E-state index contributed by atoms with van der Waals surface area (Å²) in [5, 5.41) is 3.08. The van der Waals surface area contributed by atoms with Crippen molar-refractivity contribution in [2.24, 2.45) is 17.8 Å². The van der Waals surface area contributed by atoms with Crippen molar-refractivity contribution in [1.82, 2.24) is 5.32 Å². The van der Waals surface area contributed by atoms with Crippen molar-refractivity contribution in [3.63, 3.8) is 0 Å². The van der Waals surface area contributed by atoms with E-state index in [1.807, 2.05) is 0 Å². The lowest BCUT2D eigenvalue weighted by atomic mass is 9.86. The van der Waals surface area contributed by atoms with Gasteiger partial charge in [0.25, 0.3) is 0 Å². The molecule has 68 valence electrons. The van der Waals surface area contributed by atoms with Gasteiger partial charge in [0, 0.05) is 13.0 Å². The molecule has 0 spiro atoms. The average molecular weight is 167 g/mol. The maximum Gasteiger partial charge on any atom is 0.217 e. The van der Waals surface area contributed by atoms with E-state index >= 15 is 0 Å². The third kappa shape index (κ3) is 1.13. The predicted molar refractivity (Wildman–Crippen MR) is 47.6 cm³/mol. The molecule has 0 aromatic rings. The number of carbonyl (C=O) groups is 1. The van der Waals surface area contributed by atoms with Crippen LogP contribution in [0.4, 0.5) is 0 Å². The van der Waals surface area contributed by atoms with Crippen molar-refractivity contribution in [1.29, 1.82) is 0 Å². The Kier molecular flexibility index (Phi) is 1.85. The Hall–Kier alpha value is -0.530. The largest absolute Gasteiger partial charge is 0.353 e. The number of hydrogen-bond donors (Lipinski definition) is 1. The van der Waals surface area contributed by atoms with E-state index in [1.54, 1.807) is 6.92 Å². The van der Waals surface area contributed by atoms with E-state index in [1.165, 1.54) is 19.3 Å². The first-order valence-corrected chi connectivity index (χ1v) is 4.95. The summed E-state index contributed by atoms with van der Waals surface area (Å²) in [6.45, 7) is 3.91. The molecule has 2 rings (SSSR count). The normalized spacial score (nSPS) is 44.8. The van der Waals surface area contributed by atoms with Gasteiger partial charge in [-0.1, -0.05) is 6.92 Å². The number of nitrogens with one attached hydrogen (secondary N) is 1. The van der Waals surface area contributed by atoms with Gasteiger partial charge in [-0.25, -0.2) is 0 Å². The molecule has 2 aliphatic carbocycles. The zero-order chi connectivity index (χ0) is 8.72. The molecule has 2 heteroatoms.